The summed E-state index contributed by atoms with van der Waals surface area (Å²) in [5, 5.41) is 0. The maximum absolute atomic E-state index is 11.3. The molecule has 0 amide bonds. The van der Waals surface area contributed by atoms with Crippen molar-refractivity contribution in [2.75, 3.05) is 58.7 Å². The monoisotopic (exact) mass is 364 g/mol. The normalized spacial score (nSPS) is 17.1. The second-order valence-electron chi connectivity index (χ2n) is 5.35. The van der Waals surface area contributed by atoms with Crippen LogP contribution < -0.4 is 0 Å². The number of hydrogen-bond acceptors (Lipinski definition) is 8. The van der Waals surface area contributed by atoms with Crippen LogP contribution in [0.5, 0.6) is 0 Å². The first kappa shape index (κ1) is 20.6. The first-order valence-corrected chi connectivity index (χ1v) is 9.24. The second-order valence-corrected chi connectivity index (χ2v) is 6.92. The van der Waals surface area contributed by atoms with Crippen LogP contribution in [0.25, 0.3) is 0 Å². The molecule has 0 aromatic rings. The van der Waals surface area contributed by atoms with Gasteiger partial charge in [-0.25, -0.2) is 9.59 Å². The molecule has 138 valence electrons. The Labute approximate surface area is 141 Å². The molecule has 1 rings (SSSR count). The molecule has 1 saturated heterocycles. The molecule has 9 nitrogen and oxygen atoms in total. The minimum atomic E-state index is -3.89. The Hall–Kier alpha value is -1.49. The fraction of sp³-hybridized carbons (Fsp3) is 0.714. The quantitative estimate of drug-likeness (QED) is 0.317. The molecule has 0 saturated carbocycles. The molecule has 1 aliphatic rings. The molecule has 0 atom stereocenters. The number of carbonyl (C=O) groups excluding carboxylic acids is 2. The van der Waals surface area contributed by atoms with Crippen LogP contribution in [0.15, 0.2) is 12.2 Å². The Bertz CT molecular complexity index is 539. The summed E-state index contributed by atoms with van der Waals surface area (Å²) in [5.41, 5.74) is 0. The Balaban J connectivity index is 2.12. The van der Waals surface area contributed by atoms with Crippen molar-refractivity contribution in [3.63, 3.8) is 0 Å². The summed E-state index contributed by atoms with van der Waals surface area (Å²) in [7, 11) is -2.67. The van der Waals surface area contributed by atoms with E-state index in [1.165, 1.54) is 7.11 Å². The number of methoxy groups -OCH3 is 1. The van der Waals surface area contributed by atoms with Crippen LogP contribution in [-0.2, 0) is 29.2 Å². The predicted octanol–water partition coefficient (Wildman–Crippen LogP) is -0.846. The zero-order chi connectivity index (χ0) is 18.0. The number of ether oxygens (including phenoxy) is 2. The third-order valence-electron chi connectivity index (χ3n) is 3.55. The third kappa shape index (κ3) is 9.60. The molecule has 1 aliphatic heterocycles. The number of carbonyl (C=O) groups is 2. The van der Waals surface area contributed by atoms with Crippen molar-refractivity contribution in [1.82, 2.24) is 9.80 Å². The SMILES string of the molecule is COC(=O)C=CC(=O)OCCN1CCN(CCCS(=O)(=O)O)CC1. The fourth-order valence-electron chi connectivity index (χ4n) is 2.23. The topological polar surface area (TPSA) is 113 Å². The van der Waals surface area contributed by atoms with Gasteiger partial charge in [0.2, 0.25) is 0 Å². The smallest absolute Gasteiger partial charge is 0.331 e. The molecule has 0 aromatic carbocycles. The van der Waals surface area contributed by atoms with Crippen LogP contribution in [0.4, 0.5) is 0 Å². The van der Waals surface area contributed by atoms with E-state index in [0.29, 0.717) is 19.5 Å². The summed E-state index contributed by atoms with van der Waals surface area (Å²) in [6.07, 6.45) is 2.44. The van der Waals surface area contributed by atoms with Gasteiger partial charge in [0.1, 0.15) is 6.61 Å². The van der Waals surface area contributed by atoms with Gasteiger partial charge < -0.3 is 14.4 Å². The summed E-state index contributed by atoms with van der Waals surface area (Å²) < 4.78 is 39.3. The lowest BCUT2D eigenvalue weighted by Crippen LogP contribution is -2.47. The highest BCUT2D eigenvalue weighted by Gasteiger charge is 2.17. The Kier molecular flexibility index (Phi) is 8.90. The summed E-state index contributed by atoms with van der Waals surface area (Å²) in [5.74, 6) is -1.43. The molecule has 1 fully saturated rings. The number of esters is 2. The van der Waals surface area contributed by atoms with E-state index in [9.17, 15) is 18.0 Å². The zero-order valence-corrected chi connectivity index (χ0v) is 14.5. The van der Waals surface area contributed by atoms with E-state index >= 15 is 0 Å². The number of nitrogens with zero attached hydrogens (tertiary/aromatic N) is 2. The minimum absolute atomic E-state index is 0.220. The van der Waals surface area contributed by atoms with Crippen LogP contribution >= 0.6 is 0 Å². The van der Waals surface area contributed by atoms with Crippen molar-refractivity contribution in [3.8, 4) is 0 Å². The maximum Gasteiger partial charge on any atom is 0.331 e. The van der Waals surface area contributed by atoms with E-state index in [-0.39, 0.29) is 12.4 Å². The van der Waals surface area contributed by atoms with E-state index in [1.807, 2.05) is 0 Å². The van der Waals surface area contributed by atoms with Gasteiger partial charge in [0.05, 0.1) is 12.9 Å². The van der Waals surface area contributed by atoms with Crippen LogP contribution in [0, 0.1) is 0 Å². The maximum atomic E-state index is 11.3. The highest BCUT2D eigenvalue weighted by Crippen LogP contribution is 2.03. The van der Waals surface area contributed by atoms with Crippen molar-refractivity contribution in [3.05, 3.63) is 12.2 Å². The van der Waals surface area contributed by atoms with Gasteiger partial charge in [-0.1, -0.05) is 0 Å². The molecule has 0 spiro atoms. The van der Waals surface area contributed by atoms with Crippen LogP contribution in [-0.4, -0.2) is 93.4 Å². The Morgan fingerprint density at radius 2 is 1.58 bits per heavy atom. The third-order valence-corrected chi connectivity index (χ3v) is 4.35. The first-order chi connectivity index (χ1) is 11.3. The molecule has 1 N–H and O–H groups in total. The van der Waals surface area contributed by atoms with E-state index in [1.54, 1.807) is 0 Å². The highest BCUT2D eigenvalue weighted by atomic mass is 32.2. The first-order valence-electron chi connectivity index (χ1n) is 7.63. The predicted molar refractivity (Wildman–Crippen MR) is 86.0 cm³/mol. The van der Waals surface area contributed by atoms with Gasteiger partial charge in [0.15, 0.2) is 0 Å². The minimum Gasteiger partial charge on any atom is -0.466 e. The van der Waals surface area contributed by atoms with Crippen molar-refractivity contribution >= 4 is 22.1 Å². The van der Waals surface area contributed by atoms with Gasteiger partial charge in [-0.15, -0.1) is 0 Å². The number of hydrogen-bond donors (Lipinski definition) is 1. The van der Waals surface area contributed by atoms with Crippen molar-refractivity contribution in [2.24, 2.45) is 0 Å². The molecular formula is C14H24N2O7S. The average Bonchev–Trinajstić information content (AvgIpc) is 2.53. The van der Waals surface area contributed by atoms with Gasteiger partial charge in [0, 0.05) is 44.9 Å². The lowest BCUT2D eigenvalue weighted by Gasteiger charge is -2.34. The molecule has 0 unspecified atom stereocenters. The van der Waals surface area contributed by atoms with Gasteiger partial charge >= 0.3 is 11.9 Å². The number of piperazine rings is 1. The van der Waals surface area contributed by atoms with Crippen molar-refractivity contribution < 1.29 is 32.0 Å². The zero-order valence-electron chi connectivity index (χ0n) is 13.7. The fourth-order valence-corrected chi connectivity index (χ4v) is 2.73. The lowest BCUT2D eigenvalue weighted by atomic mass is 10.3. The van der Waals surface area contributed by atoms with E-state index in [0.717, 1.165) is 38.3 Å². The molecule has 0 aliphatic carbocycles. The summed E-state index contributed by atoms with van der Waals surface area (Å²) in [6.45, 7) is 4.62. The largest absolute Gasteiger partial charge is 0.466 e. The van der Waals surface area contributed by atoms with Crippen LogP contribution in [0.1, 0.15) is 6.42 Å². The van der Waals surface area contributed by atoms with Crippen LogP contribution in [0.2, 0.25) is 0 Å². The molecule has 10 heteroatoms. The van der Waals surface area contributed by atoms with E-state index < -0.39 is 22.1 Å². The van der Waals surface area contributed by atoms with Gasteiger partial charge in [0.25, 0.3) is 10.1 Å². The van der Waals surface area contributed by atoms with Gasteiger partial charge in [-0.05, 0) is 13.0 Å². The highest BCUT2D eigenvalue weighted by molar-refractivity contribution is 7.85. The van der Waals surface area contributed by atoms with Crippen LogP contribution in [0.3, 0.4) is 0 Å². The Morgan fingerprint density at radius 1 is 1.04 bits per heavy atom. The second kappa shape index (κ2) is 10.4. The number of rotatable bonds is 9. The van der Waals surface area contributed by atoms with Gasteiger partial charge in [-0.3, -0.25) is 9.45 Å². The van der Waals surface area contributed by atoms with E-state index in [4.69, 9.17) is 9.29 Å². The summed E-state index contributed by atoms with van der Waals surface area (Å²) in [4.78, 5) is 26.4. The molecule has 0 bridgehead atoms. The summed E-state index contributed by atoms with van der Waals surface area (Å²) >= 11 is 0. The molecule has 24 heavy (non-hydrogen) atoms. The lowest BCUT2D eigenvalue weighted by molar-refractivity contribution is -0.139. The Morgan fingerprint density at radius 3 is 2.12 bits per heavy atom. The average molecular weight is 364 g/mol. The van der Waals surface area contributed by atoms with Crippen molar-refractivity contribution in [1.29, 1.82) is 0 Å². The molecule has 0 radical (unpaired) electrons. The summed E-state index contributed by atoms with van der Waals surface area (Å²) in [6, 6.07) is 0. The van der Waals surface area contributed by atoms with Crippen molar-refractivity contribution in [2.45, 2.75) is 6.42 Å². The van der Waals surface area contributed by atoms with E-state index in [2.05, 4.69) is 14.5 Å². The molecule has 1 heterocycles. The molecule has 0 aromatic heterocycles. The van der Waals surface area contributed by atoms with Gasteiger partial charge in [-0.2, -0.15) is 8.42 Å². The standard InChI is InChI=1S/C14H24N2O7S/c1-22-13(17)3-4-14(18)23-11-10-16-8-6-15(7-9-16)5-2-12-24(19,20)21/h3-4H,2,5-12H2,1H3,(H,19,20,21). The molecular weight excluding hydrogens is 340 g/mol.